The summed E-state index contributed by atoms with van der Waals surface area (Å²) in [6.45, 7) is 7.83. The summed E-state index contributed by atoms with van der Waals surface area (Å²) in [5.74, 6) is -0.406. The average molecular weight is 484 g/mol. The Morgan fingerprint density at radius 1 is 0.861 bits per heavy atom. The van der Waals surface area contributed by atoms with E-state index < -0.39 is 5.97 Å². The second kappa shape index (κ2) is 13.1. The van der Waals surface area contributed by atoms with E-state index in [2.05, 4.69) is 36.5 Å². The van der Waals surface area contributed by atoms with Gasteiger partial charge in [-0.3, -0.25) is 9.59 Å². The van der Waals surface area contributed by atoms with Crippen LogP contribution in [0.1, 0.15) is 44.4 Å². The zero-order chi connectivity index (χ0) is 25.9. The molecule has 1 N–H and O–H groups in total. The number of hydrogen-bond acceptors (Lipinski definition) is 4. The summed E-state index contributed by atoms with van der Waals surface area (Å²) < 4.78 is 11.3. The van der Waals surface area contributed by atoms with Gasteiger partial charge in [-0.05, 0) is 55.5 Å². The Kier molecular flexibility index (Phi) is 9.64. The van der Waals surface area contributed by atoms with Gasteiger partial charge in [-0.25, -0.2) is 0 Å². The number of rotatable bonds is 10. The van der Waals surface area contributed by atoms with Gasteiger partial charge in [0.05, 0.1) is 12.2 Å². The van der Waals surface area contributed by atoms with Crippen molar-refractivity contribution in [1.82, 2.24) is 5.32 Å². The van der Waals surface area contributed by atoms with Gasteiger partial charge in [-0.15, -0.1) is 0 Å². The maximum atomic E-state index is 13.1. The zero-order valence-corrected chi connectivity index (χ0v) is 21.3. The van der Waals surface area contributed by atoms with Crippen molar-refractivity contribution >= 4 is 23.2 Å². The third-order valence-corrected chi connectivity index (χ3v) is 5.83. The summed E-state index contributed by atoms with van der Waals surface area (Å²) in [4.78, 5) is 24.9. The van der Waals surface area contributed by atoms with E-state index in [4.69, 9.17) is 9.47 Å². The minimum absolute atomic E-state index is 0.208. The molecule has 0 radical (unpaired) electrons. The molecule has 0 unspecified atom stereocenters. The van der Waals surface area contributed by atoms with E-state index in [1.54, 1.807) is 13.8 Å². The van der Waals surface area contributed by atoms with Crippen LogP contribution in [0.4, 0.5) is 0 Å². The van der Waals surface area contributed by atoms with E-state index in [1.807, 2.05) is 67.6 Å². The predicted molar refractivity (Wildman–Crippen MR) is 145 cm³/mol. The minimum atomic E-state index is -0.484. The minimum Gasteiger partial charge on any atom is -0.488 e. The lowest BCUT2D eigenvalue weighted by Crippen LogP contribution is -2.31. The van der Waals surface area contributed by atoms with Crippen molar-refractivity contribution in [1.29, 1.82) is 0 Å². The van der Waals surface area contributed by atoms with Gasteiger partial charge in [0.15, 0.2) is 0 Å². The van der Waals surface area contributed by atoms with Crippen molar-refractivity contribution < 1.29 is 19.1 Å². The topological polar surface area (TPSA) is 64.6 Å². The first-order valence-corrected chi connectivity index (χ1v) is 12.1. The molecule has 36 heavy (non-hydrogen) atoms. The molecule has 0 fully saturated rings. The number of nitrogens with one attached hydrogen (secondary N) is 1. The summed E-state index contributed by atoms with van der Waals surface area (Å²) in [6.07, 6.45) is 2.05. The van der Waals surface area contributed by atoms with Crippen LogP contribution in [0.2, 0.25) is 0 Å². The molecular formula is C31H33NO4. The van der Waals surface area contributed by atoms with E-state index in [9.17, 15) is 9.59 Å². The quantitative estimate of drug-likeness (QED) is 0.206. The number of carbonyl (C=O) groups excluding carboxylic acids is 2. The molecule has 5 nitrogen and oxygen atoms in total. The van der Waals surface area contributed by atoms with Gasteiger partial charge < -0.3 is 14.8 Å². The van der Waals surface area contributed by atoms with Crippen molar-refractivity contribution in [3.8, 4) is 11.1 Å². The van der Waals surface area contributed by atoms with Crippen LogP contribution in [0.5, 0.6) is 0 Å². The average Bonchev–Trinajstić information content (AvgIpc) is 2.92. The highest BCUT2D eigenvalue weighted by Gasteiger charge is 2.21. The van der Waals surface area contributed by atoms with Crippen molar-refractivity contribution in [2.45, 2.75) is 34.3 Å². The lowest BCUT2D eigenvalue weighted by Gasteiger charge is -2.21. The Bertz CT molecular complexity index is 1240. The van der Waals surface area contributed by atoms with Crippen LogP contribution in [-0.2, 0) is 25.7 Å². The fraction of sp³-hybridized carbons (Fsp3) is 0.226. The molecule has 0 aliphatic heterocycles. The molecule has 0 heterocycles. The molecule has 0 saturated carbocycles. The van der Waals surface area contributed by atoms with E-state index in [0.717, 1.165) is 33.4 Å². The number of esters is 1. The van der Waals surface area contributed by atoms with Crippen molar-refractivity contribution in [3.05, 3.63) is 107 Å². The van der Waals surface area contributed by atoms with Gasteiger partial charge in [0.25, 0.3) is 5.91 Å². The Balaban J connectivity index is 2.11. The van der Waals surface area contributed by atoms with Gasteiger partial charge in [-0.1, -0.05) is 84.9 Å². The molecule has 0 spiro atoms. The van der Waals surface area contributed by atoms with Gasteiger partial charge >= 0.3 is 5.97 Å². The number of ether oxygens (including phenoxy) is 2. The summed E-state index contributed by atoms with van der Waals surface area (Å²) >= 11 is 0. The van der Waals surface area contributed by atoms with Crippen LogP contribution in [0.25, 0.3) is 22.5 Å². The first-order chi connectivity index (χ1) is 17.5. The molecular weight excluding hydrogens is 450 g/mol. The lowest BCUT2D eigenvalue weighted by molar-refractivity contribution is -0.143. The van der Waals surface area contributed by atoms with E-state index >= 15 is 0 Å². The summed E-state index contributed by atoms with van der Waals surface area (Å²) in [5, 5.41) is 2.66. The second-order valence-corrected chi connectivity index (χ2v) is 8.28. The number of hydrogen-bond donors (Lipinski definition) is 1. The fourth-order valence-electron chi connectivity index (χ4n) is 3.89. The Labute approximate surface area is 213 Å². The third-order valence-electron chi connectivity index (χ3n) is 5.83. The summed E-state index contributed by atoms with van der Waals surface area (Å²) in [7, 11) is 0. The normalized spacial score (nSPS) is 11.9. The van der Waals surface area contributed by atoms with Gasteiger partial charge in [0, 0.05) is 5.56 Å². The highest BCUT2D eigenvalue weighted by molar-refractivity contribution is 6.02. The Hall–Kier alpha value is -4.12. The molecule has 0 atom stereocenters. The standard InChI is InChI=1S/C31H33NO4/c1-5-22(3)29-26(25-16-11-8-12-17-25)18-13-19-27(29)30(36-21-24-14-9-7-10-15-24)23(4)31(34)32-20-28(33)35-6-2/h5,7-19H,6,20-21H2,1-4H3,(H,32,34)/b22-5-,30-23-. The fourth-order valence-corrected chi connectivity index (χ4v) is 3.89. The molecule has 5 heteroatoms. The lowest BCUT2D eigenvalue weighted by atomic mass is 9.89. The molecule has 0 bridgehead atoms. The van der Waals surface area contributed by atoms with Crippen molar-refractivity contribution in [3.63, 3.8) is 0 Å². The second-order valence-electron chi connectivity index (χ2n) is 8.28. The molecule has 3 aromatic carbocycles. The van der Waals surface area contributed by atoms with Gasteiger partial charge in [0.2, 0.25) is 0 Å². The highest BCUT2D eigenvalue weighted by atomic mass is 16.5. The molecule has 3 aromatic rings. The molecule has 0 aliphatic carbocycles. The molecule has 0 aliphatic rings. The van der Waals surface area contributed by atoms with E-state index in [0.29, 0.717) is 17.9 Å². The van der Waals surface area contributed by atoms with Crippen LogP contribution >= 0.6 is 0 Å². The number of allylic oxidation sites excluding steroid dienone is 2. The number of carbonyl (C=O) groups is 2. The van der Waals surface area contributed by atoms with Crippen LogP contribution in [0, 0.1) is 0 Å². The Morgan fingerprint density at radius 3 is 2.17 bits per heavy atom. The first kappa shape index (κ1) is 26.5. The van der Waals surface area contributed by atoms with Crippen molar-refractivity contribution in [2.75, 3.05) is 13.2 Å². The SMILES string of the molecule is C/C=C(/C)c1c(/C(OCc2ccccc2)=C(\C)C(=O)NCC(=O)OCC)cccc1-c1ccccc1. The van der Waals surface area contributed by atoms with Crippen molar-refractivity contribution in [2.24, 2.45) is 0 Å². The van der Waals surface area contributed by atoms with Crippen LogP contribution in [-0.4, -0.2) is 25.0 Å². The molecule has 3 rings (SSSR count). The monoisotopic (exact) mass is 483 g/mol. The van der Waals surface area contributed by atoms with Gasteiger partial charge in [-0.2, -0.15) is 0 Å². The van der Waals surface area contributed by atoms with Gasteiger partial charge in [0.1, 0.15) is 18.9 Å². The molecule has 0 aromatic heterocycles. The number of amides is 1. The third kappa shape index (κ3) is 6.72. The van der Waals surface area contributed by atoms with E-state index in [1.165, 1.54) is 0 Å². The summed E-state index contributed by atoms with van der Waals surface area (Å²) in [5.41, 5.74) is 6.35. The van der Waals surface area contributed by atoms with Crippen LogP contribution in [0.3, 0.4) is 0 Å². The molecule has 1 amide bonds. The molecule has 186 valence electrons. The molecule has 0 saturated heterocycles. The van der Waals surface area contributed by atoms with E-state index in [-0.39, 0.29) is 19.1 Å². The van der Waals surface area contributed by atoms with Crippen LogP contribution in [0.15, 0.2) is 90.5 Å². The largest absolute Gasteiger partial charge is 0.488 e. The maximum Gasteiger partial charge on any atom is 0.325 e. The smallest absolute Gasteiger partial charge is 0.325 e. The number of benzene rings is 3. The van der Waals surface area contributed by atoms with Crippen LogP contribution < -0.4 is 5.32 Å². The predicted octanol–water partition coefficient (Wildman–Crippen LogP) is 6.40. The maximum absolute atomic E-state index is 13.1. The zero-order valence-electron chi connectivity index (χ0n) is 21.3. The first-order valence-electron chi connectivity index (χ1n) is 12.1. The highest BCUT2D eigenvalue weighted by Crippen LogP contribution is 2.36. The Morgan fingerprint density at radius 2 is 1.53 bits per heavy atom. The summed E-state index contributed by atoms with van der Waals surface area (Å²) in [6, 6.07) is 26.0.